The Morgan fingerprint density at radius 2 is 1.88 bits per heavy atom. The highest BCUT2D eigenvalue weighted by molar-refractivity contribution is 5.91. The predicted octanol–water partition coefficient (Wildman–Crippen LogP) is 2.24. The van der Waals surface area contributed by atoms with E-state index in [1.807, 2.05) is 6.07 Å². The third kappa shape index (κ3) is 3.79. The summed E-state index contributed by atoms with van der Waals surface area (Å²) in [5.41, 5.74) is 0. The molecule has 0 spiro atoms. The maximum atomic E-state index is 11.7. The minimum absolute atomic E-state index is 0.261. The van der Waals surface area contributed by atoms with Crippen molar-refractivity contribution in [2.75, 3.05) is 13.1 Å². The normalized spacial score (nSPS) is 9.53. The molecule has 92 valence electrons. The Balaban J connectivity index is 2.64. The number of nitrogens with zero attached hydrogens (tertiary/aromatic N) is 1. The maximum absolute atomic E-state index is 11.7. The number of carbonyl (C=O) groups is 2. The molecule has 0 atom stereocenters. The van der Waals surface area contributed by atoms with Crippen LogP contribution in [0.4, 0.5) is 9.59 Å². The highest BCUT2D eigenvalue weighted by atomic mass is 16.6. The zero-order chi connectivity index (χ0) is 12.7. The third-order valence-corrected chi connectivity index (χ3v) is 2.06. The van der Waals surface area contributed by atoms with Crippen LogP contribution < -0.4 is 10.1 Å². The lowest BCUT2D eigenvalue weighted by molar-refractivity contribution is 0.155. The number of hydrogen-bond acceptors (Lipinski definition) is 3. The first kappa shape index (κ1) is 13.0. The number of carbonyl (C=O) groups excluding carboxylic acids is 2. The first-order chi connectivity index (χ1) is 8.19. The van der Waals surface area contributed by atoms with Gasteiger partial charge in [0.15, 0.2) is 0 Å². The molecule has 0 aliphatic rings. The van der Waals surface area contributed by atoms with Crippen LogP contribution in [0, 0.1) is 0 Å². The molecular formula is C12H16N2O3. The van der Waals surface area contributed by atoms with Gasteiger partial charge in [0.25, 0.3) is 0 Å². The van der Waals surface area contributed by atoms with Crippen molar-refractivity contribution < 1.29 is 14.3 Å². The standard InChI is InChI=1S/C12H16N2O3/c1-3-13-11(15)14(4-2)12(16)17-10-8-6-5-7-9-10/h5-9H,3-4H2,1-2H3,(H,13,15). The van der Waals surface area contributed by atoms with Crippen molar-refractivity contribution >= 4 is 12.1 Å². The van der Waals surface area contributed by atoms with Gasteiger partial charge in [0.1, 0.15) is 5.75 Å². The van der Waals surface area contributed by atoms with Crippen LogP contribution in [-0.4, -0.2) is 30.1 Å². The lowest BCUT2D eigenvalue weighted by Crippen LogP contribution is -2.44. The molecule has 1 aromatic rings. The summed E-state index contributed by atoms with van der Waals surface area (Å²) in [6, 6.07) is 8.19. The topological polar surface area (TPSA) is 58.6 Å². The first-order valence-corrected chi connectivity index (χ1v) is 5.51. The minimum atomic E-state index is -0.676. The van der Waals surface area contributed by atoms with Gasteiger partial charge in [-0.15, -0.1) is 0 Å². The summed E-state index contributed by atoms with van der Waals surface area (Å²) in [6.45, 7) is 4.22. The number of ether oxygens (including phenoxy) is 1. The molecule has 0 heterocycles. The van der Waals surface area contributed by atoms with Crippen LogP contribution in [0.2, 0.25) is 0 Å². The molecule has 1 aromatic carbocycles. The van der Waals surface area contributed by atoms with Crippen LogP contribution in [0.25, 0.3) is 0 Å². The molecule has 0 aromatic heterocycles. The molecular weight excluding hydrogens is 220 g/mol. The van der Waals surface area contributed by atoms with Crippen LogP contribution in [-0.2, 0) is 0 Å². The van der Waals surface area contributed by atoms with E-state index >= 15 is 0 Å². The minimum Gasteiger partial charge on any atom is -0.410 e. The Morgan fingerprint density at radius 3 is 2.41 bits per heavy atom. The monoisotopic (exact) mass is 236 g/mol. The van der Waals surface area contributed by atoms with Crippen LogP contribution in [0.15, 0.2) is 30.3 Å². The largest absolute Gasteiger partial charge is 0.423 e. The lowest BCUT2D eigenvalue weighted by atomic mass is 10.3. The highest BCUT2D eigenvalue weighted by Gasteiger charge is 2.20. The molecule has 5 heteroatoms. The summed E-state index contributed by atoms with van der Waals surface area (Å²) < 4.78 is 5.06. The number of para-hydroxylation sites is 1. The fraction of sp³-hybridized carbons (Fsp3) is 0.333. The summed E-state index contributed by atoms with van der Waals surface area (Å²) in [6.07, 6.45) is -0.676. The fourth-order valence-electron chi connectivity index (χ4n) is 1.25. The Bertz CT molecular complexity index is 379. The van der Waals surface area contributed by atoms with E-state index in [4.69, 9.17) is 4.74 Å². The van der Waals surface area contributed by atoms with Crippen molar-refractivity contribution in [2.45, 2.75) is 13.8 Å². The van der Waals surface area contributed by atoms with E-state index in [2.05, 4.69) is 5.32 Å². The van der Waals surface area contributed by atoms with Gasteiger partial charge in [-0.1, -0.05) is 18.2 Å². The summed E-state index contributed by atoms with van der Waals surface area (Å²) in [4.78, 5) is 24.2. The van der Waals surface area contributed by atoms with Gasteiger partial charge in [-0.2, -0.15) is 0 Å². The van der Waals surface area contributed by atoms with Gasteiger partial charge in [0.05, 0.1) is 0 Å². The molecule has 1 rings (SSSR count). The van der Waals surface area contributed by atoms with Gasteiger partial charge in [0.2, 0.25) is 0 Å². The molecule has 0 aliphatic heterocycles. The van der Waals surface area contributed by atoms with Crippen molar-refractivity contribution in [3.63, 3.8) is 0 Å². The molecule has 17 heavy (non-hydrogen) atoms. The molecule has 0 bridgehead atoms. The van der Waals surface area contributed by atoms with Crippen molar-refractivity contribution in [3.8, 4) is 5.75 Å². The van der Waals surface area contributed by atoms with Crippen molar-refractivity contribution in [3.05, 3.63) is 30.3 Å². The zero-order valence-electron chi connectivity index (χ0n) is 9.97. The van der Waals surface area contributed by atoms with Gasteiger partial charge < -0.3 is 10.1 Å². The molecule has 0 radical (unpaired) electrons. The summed E-state index contributed by atoms with van der Waals surface area (Å²) in [7, 11) is 0. The summed E-state index contributed by atoms with van der Waals surface area (Å²) >= 11 is 0. The van der Waals surface area contributed by atoms with Gasteiger partial charge in [-0.25, -0.2) is 14.5 Å². The van der Waals surface area contributed by atoms with Crippen LogP contribution in [0.3, 0.4) is 0 Å². The second-order valence-corrected chi connectivity index (χ2v) is 3.26. The zero-order valence-corrected chi connectivity index (χ0v) is 9.97. The first-order valence-electron chi connectivity index (χ1n) is 5.51. The van der Waals surface area contributed by atoms with Gasteiger partial charge in [0, 0.05) is 13.1 Å². The number of urea groups is 1. The molecule has 0 unspecified atom stereocenters. The molecule has 0 saturated carbocycles. The molecule has 0 aliphatic carbocycles. The van der Waals surface area contributed by atoms with E-state index < -0.39 is 12.1 Å². The van der Waals surface area contributed by atoms with Crippen LogP contribution in [0.1, 0.15) is 13.8 Å². The van der Waals surface area contributed by atoms with E-state index in [0.717, 1.165) is 4.90 Å². The molecule has 0 fully saturated rings. The Kier molecular flexibility index (Phi) is 5.00. The van der Waals surface area contributed by atoms with E-state index in [-0.39, 0.29) is 6.54 Å². The van der Waals surface area contributed by atoms with E-state index in [1.165, 1.54) is 0 Å². The fourth-order valence-corrected chi connectivity index (χ4v) is 1.25. The third-order valence-electron chi connectivity index (χ3n) is 2.06. The number of imide groups is 1. The van der Waals surface area contributed by atoms with Gasteiger partial charge >= 0.3 is 12.1 Å². The number of amides is 3. The SMILES string of the molecule is CCNC(=O)N(CC)C(=O)Oc1ccccc1. The molecule has 1 N–H and O–H groups in total. The molecule has 3 amide bonds. The number of rotatable bonds is 3. The van der Waals surface area contributed by atoms with Gasteiger partial charge in [-0.3, -0.25) is 0 Å². The van der Waals surface area contributed by atoms with Crippen molar-refractivity contribution in [1.82, 2.24) is 10.2 Å². The Labute approximate surface area is 100 Å². The van der Waals surface area contributed by atoms with Crippen LogP contribution >= 0.6 is 0 Å². The second kappa shape index (κ2) is 6.52. The van der Waals surface area contributed by atoms with E-state index in [9.17, 15) is 9.59 Å². The Hall–Kier alpha value is -2.04. The van der Waals surface area contributed by atoms with Crippen molar-refractivity contribution in [2.24, 2.45) is 0 Å². The highest BCUT2D eigenvalue weighted by Crippen LogP contribution is 2.10. The summed E-state index contributed by atoms with van der Waals surface area (Å²) in [5.74, 6) is 0.417. The number of nitrogens with one attached hydrogen (secondary N) is 1. The maximum Gasteiger partial charge on any atom is 0.423 e. The predicted molar refractivity (Wildman–Crippen MR) is 63.9 cm³/mol. The van der Waals surface area contributed by atoms with Crippen molar-refractivity contribution in [1.29, 1.82) is 0 Å². The average Bonchev–Trinajstić information content (AvgIpc) is 2.31. The number of hydrogen-bond donors (Lipinski definition) is 1. The average molecular weight is 236 g/mol. The summed E-state index contributed by atoms with van der Waals surface area (Å²) in [5, 5.41) is 2.55. The lowest BCUT2D eigenvalue weighted by Gasteiger charge is -2.18. The smallest absolute Gasteiger partial charge is 0.410 e. The number of benzene rings is 1. The quantitative estimate of drug-likeness (QED) is 0.875. The second-order valence-electron chi connectivity index (χ2n) is 3.26. The van der Waals surface area contributed by atoms with Crippen LogP contribution in [0.5, 0.6) is 5.75 Å². The van der Waals surface area contributed by atoms with E-state index in [1.54, 1.807) is 38.1 Å². The van der Waals surface area contributed by atoms with E-state index in [0.29, 0.717) is 12.3 Å². The molecule has 0 saturated heterocycles. The van der Waals surface area contributed by atoms with Gasteiger partial charge in [-0.05, 0) is 26.0 Å². The Morgan fingerprint density at radius 1 is 1.24 bits per heavy atom. The molecule has 5 nitrogen and oxygen atoms in total.